The van der Waals surface area contributed by atoms with Crippen LogP contribution in [0.1, 0.15) is 45.5 Å². The highest BCUT2D eigenvalue weighted by Gasteiger charge is 2.22. The van der Waals surface area contributed by atoms with E-state index >= 15 is 0 Å². The number of carboxylic acids is 1. The predicted octanol–water partition coefficient (Wildman–Crippen LogP) is 3.03. The van der Waals surface area contributed by atoms with Crippen molar-refractivity contribution in [3.8, 4) is 0 Å². The molecule has 5 nitrogen and oxygen atoms in total. The third-order valence-electron chi connectivity index (χ3n) is 3.43. The summed E-state index contributed by atoms with van der Waals surface area (Å²) in [6.07, 6.45) is 3.27. The molecular formula is C14H15N3O2S. The molecule has 1 unspecified atom stereocenters. The van der Waals surface area contributed by atoms with Gasteiger partial charge in [-0.15, -0.1) is 11.3 Å². The van der Waals surface area contributed by atoms with E-state index < -0.39 is 5.97 Å². The predicted molar refractivity (Wildman–Crippen MR) is 77.3 cm³/mol. The van der Waals surface area contributed by atoms with Crippen molar-refractivity contribution in [1.82, 2.24) is 9.97 Å². The van der Waals surface area contributed by atoms with Crippen LogP contribution in [0, 0.1) is 6.92 Å². The second-order valence-corrected chi connectivity index (χ2v) is 5.91. The Morgan fingerprint density at radius 2 is 2.35 bits per heavy atom. The summed E-state index contributed by atoms with van der Waals surface area (Å²) in [6, 6.07) is 3.78. The number of aromatic nitrogens is 2. The number of aryl methyl sites for hydroxylation is 2. The van der Waals surface area contributed by atoms with Gasteiger partial charge in [0, 0.05) is 10.6 Å². The molecule has 6 heteroatoms. The largest absolute Gasteiger partial charge is 0.477 e. The van der Waals surface area contributed by atoms with E-state index in [1.165, 1.54) is 16.5 Å². The monoisotopic (exact) mass is 289 g/mol. The quantitative estimate of drug-likeness (QED) is 0.908. The van der Waals surface area contributed by atoms with Gasteiger partial charge in [-0.3, -0.25) is 0 Å². The third-order valence-corrected chi connectivity index (χ3v) is 4.43. The van der Waals surface area contributed by atoms with Gasteiger partial charge in [0.2, 0.25) is 5.95 Å². The summed E-state index contributed by atoms with van der Waals surface area (Å²) >= 11 is 1.78. The lowest BCUT2D eigenvalue weighted by Crippen LogP contribution is -2.18. The zero-order valence-electron chi connectivity index (χ0n) is 11.1. The molecular weight excluding hydrogens is 274 g/mol. The van der Waals surface area contributed by atoms with Crippen molar-refractivity contribution in [2.24, 2.45) is 0 Å². The highest BCUT2D eigenvalue weighted by Crippen LogP contribution is 2.34. The van der Waals surface area contributed by atoms with Crippen molar-refractivity contribution in [3.05, 3.63) is 39.3 Å². The number of carbonyl (C=O) groups is 1. The second kappa shape index (κ2) is 5.20. The Bertz CT molecular complexity index is 654. The van der Waals surface area contributed by atoms with Crippen LogP contribution < -0.4 is 5.32 Å². The molecule has 1 aliphatic rings. The minimum absolute atomic E-state index is 0.0290. The Kier molecular flexibility index (Phi) is 3.40. The fraction of sp³-hybridized carbons (Fsp3) is 0.357. The van der Waals surface area contributed by atoms with Crippen molar-refractivity contribution in [3.63, 3.8) is 0 Å². The molecule has 20 heavy (non-hydrogen) atoms. The highest BCUT2D eigenvalue weighted by atomic mass is 32.1. The van der Waals surface area contributed by atoms with Gasteiger partial charge in [0.1, 0.15) is 0 Å². The smallest absolute Gasteiger partial charge is 0.354 e. The Hall–Kier alpha value is -1.95. The van der Waals surface area contributed by atoms with Crippen LogP contribution in [-0.2, 0) is 6.42 Å². The molecule has 104 valence electrons. The van der Waals surface area contributed by atoms with Gasteiger partial charge >= 0.3 is 5.97 Å². The first-order chi connectivity index (χ1) is 9.63. The lowest BCUT2D eigenvalue weighted by molar-refractivity contribution is 0.0690. The number of thiophene rings is 1. The normalized spacial score (nSPS) is 17.6. The number of carboxylic acid groups (broad SMARTS) is 1. The summed E-state index contributed by atoms with van der Waals surface area (Å²) in [5.41, 5.74) is 1.98. The number of hydrogen-bond acceptors (Lipinski definition) is 5. The van der Waals surface area contributed by atoms with Gasteiger partial charge < -0.3 is 10.4 Å². The van der Waals surface area contributed by atoms with Gasteiger partial charge in [-0.1, -0.05) is 0 Å². The third kappa shape index (κ3) is 2.51. The molecule has 2 N–H and O–H groups in total. The van der Waals surface area contributed by atoms with Crippen LogP contribution in [0.25, 0.3) is 0 Å². The van der Waals surface area contributed by atoms with E-state index in [-0.39, 0.29) is 11.7 Å². The van der Waals surface area contributed by atoms with E-state index in [2.05, 4.69) is 26.7 Å². The molecule has 0 radical (unpaired) electrons. The lowest BCUT2D eigenvalue weighted by atomic mass is 9.94. The van der Waals surface area contributed by atoms with Gasteiger partial charge in [-0.2, -0.15) is 0 Å². The maximum absolute atomic E-state index is 11.0. The summed E-state index contributed by atoms with van der Waals surface area (Å²) in [4.78, 5) is 20.8. The van der Waals surface area contributed by atoms with E-state index in [0.717, 1.165) is 19.3 Å². The number of fused-ring (bicyclic) bond motifs is 1. The minimum atomic E-state index is -1.03. The Labute approximate surface area is 120 Å². The van der Waals surface area contributed by atoms with Crippen LogP contribution in [0.15, 0.2) is 17.5 Å². The summed E-state index contributed by atoms with van der Waals surface area (Å²) in [7, 11) is 0. The highest BCUT2D eigenvalue weighted by molar-refractivity contribution is 7.10. The first-order valence-corrected chi connectivity index (χ1v) is 7.43. The molecule has 0 saturated heterocycles. The first kappa shape index (κ1) is 13.1. The van der Waals surface area contributed by atoms with E-state index in [1.807, 2.05) is 0 Å². The number of rotatable bonds is 3. The second-order valence-electron chi connectivity index (χ2n) is 4.91. The molecule has 0 spiro atoms. The molecule has 0 aliphatic heterocycles. The van der Waals surface area contributed by atoms with E-state index in [9.17, 15) is 4.79 Å². The number of nitrogens with zero attached hydrogens (tertiary/aromatic N) is 2. The number of nitrogens with one attached hydrogen (secondary N) is 1. The van der Waals surface area contributed by atoms with Crippen molar-refractivity contribution >= 4 is 23.3 Å². The lowest BCUT2D eigenvalue weighted by Gasteiger charge is -2.23. The molecule has 0 bridgehead atoms. The number of anilines is 1. The fourth-order valence-corrected chi connectivity index (χ4v) is 3.52. The Morgan fingerprint density at radius 3 is 3.15 bits per heavy atom. The van der Waals surface area contributed by atoms with Crippen molar-refractivity contribution in [1.29, 1.82) is 0 Å². The molecule has 0 fully saturated rings. The SMILES string of the molecule is Cc1cc(C(=O)O)nc(NC2CCCc3sccc32)n1. The van der Waals surface area contributed by atoms with Crippen LogP contribution in [0.5, 0.6) is 0 Å². The molecule has 1 atom stereocenters. The Morgan fingerprint density at radius 1 is 1.50 bits per heavy atom. The molecule has 1 aliphatic carbocycles. The zero-order chi connectivity index (χ0) is 14.1. The maximum atomic E-state index is 11.0. The van der Waals surface area contributed by atoms with Crippen LogP contribution in [0.3, 0.4) is 0 Å². The van der Waals surface area contributed by atoms with Gasteiger partial charge in [0.05, 0.1) is 6.04 Å². The molecule has 0 saturated carbocycles. The standard InChI is InChI=1S/C14H15N3O2S/c1-8-7-11(13(18)19)17-14(15-8)16-10-3-2-4-12-9(10)5-6-20-12/h5-7,10H,2-4H2,1H3,(H,18,19)(H,15,16,17). The van der Waals surface area contributed by atoms with Gasteiger partial charge in [0.15, 0.2) is 5.69 Å². The average Bonchev–Trinajstić information content (AvgIpc) is 2.87. The fourth-order valence-electron chi connectivity index (χ4n) is 2.53. The number of aromatic carboxylic acids is 1. The van der Waals surface area contributed by atoms with E-state index in [4.69, 9.17) is 5.11 Å². The summed E-state index contributed by atoms with van der Waals surface area (Å²) < 4.78 is 0. The first-order valence-electron chi connectivity index (χ1n) is 6.55. The molecule has 0 aromatic carbocycles. The molecule has 2 aromatic rings. The molecule has 2 aromatic heterocycles. The zero-order valence-corrected chi connectivity index (χ0v) is 11.9. The van der Waals surface area contributed by atoms with Crippen LogP contribution >= 0.6 is 11.3 Å². The van der Waals surface area contributed by atoms with E-state index in [1.54, 1.807) is 18.3 Å². The van der Waals surface area contributed by atoms with Gasteiger partial charge in [0.25, 0.3) is 0 Å². The molecule has 3 rings (SSSR count). The summed E-state index contributed by atoms with van der Waals surface area (Å²) in [5, 5.41) is 14.4. The summed E-state index contributed by atoms with van der Waals surface area (Å²) in [6.45, 7) is 1.77. The number of hydrogen-bond donors (Lipinski definition) is 2. The minimum Gasteiger partial charge on any atom is -0.477 e. The van der Waals surface area contributed by atoms with E-state index in [0.29, 0.717) is 11.6 Å². The van der Waals surface area contributed by atoms with Crippen LogP contribution in [-0.4, -0.2) is 21.0 Å². The van der Waals surface area contributed by atoms with Crippen molar-refractivity contribution < 1.29 is 9.90 Å². The van der Waals surface area contributed by atoms with Crippen LogP contribution in [0.2, 0.25) is 0 Å². The molecule has 0 amide bonds. The van der Waals surface area contributed by atoms with Crippen LogP contribution in [0.4, 0.5) is 5.95 Å². The van der Waals surface area contributed by atoms with Crippen molar-refractivity contribution in [2.45, 2.75) is 32.2 Å². The Balaban J connectivity index is 1.88. The average molecular weight is 289 g/mol. The van der Waals surface area contributed by atoms with Crippen molar-refractivity contribution in [2.75, 3.05) is 5.32 Å². The topological polar surface area (TPSA) is 75.1 Å². The van der Waals surface area contributed by atoms with Gasteiger partial charge in [-0.05, 0) is 49.3 Å². The molecule has 2 heterocycles. The van der Waals surface area contributed by atoms with Gasteiger partial charge in [-0.25, -0.2) is 14.8 Å². The maximum Gasteiger partial charge on any atom is 0.354 e. The summed E-state index contributed by atoms with van der Waals surface area (Å²) in [5.74, 6) is -0.634.